The van der Waals surface area contributed by atoms with Gasteiger partial charge in [0.05, 0.1) is 7.11 Å². The molecule has 1 aromatic carbocycles. The van der Waals surface area contributed by atoms with Crippen molar-refractivity contribution in [1.29, 1.82) is 0 Å². The minimum atomic E-state index is -1.04. The SMILES string of the molecule is COc1cccc(C(O)(CN)C(C)(C)C)c1. The van der Waals surface area contributed by atoms with Crippen molar-refractivity contribution in [3.63, 3.8) is 0 Å². The van der Waals surface area contributed by atoms with Gasteiger partial charge in [0.25, 0.3) is 0 Å². The molecule has 3 N–H and O–H groups in total. The minimum absolute atomic E-state index is 0.184. The van der Waals surface area contributed by atoms with Crippen molar-refractivity contribution in [1.82, 2.24) is 0 Å². The van der Waals surface area contributed by atoms with Crippen molar-refractivity contribution in [2.24, 2.45) is 11.1 Å². The average molecular weight is 223 g/mol. The Labute approximate surface area is 97.2 Å². The smallest absolute Gasteiger partial charge is 0.119 e. The predicted octanol–water partition coefficient (Wildman–Crippen LogP) is 1.89. The molecule has 90 valence electrons. The summed E-state index contributed by atoms with van der Waals surface area (Å²) in [6, 6.07) is 7.42. The highest BCUT2D eigenvalue weighted by Gasteiger charge is 2.40. The Kier molecular flexibility index (Phi) is 3.61. The topological polar surface area (TPSA) is 55.5 Å². The number of methoxy groups -OCH3 is 1. The lowest BCUT2D eigenvalue weighted by molar-refractivity contribution is -0.0558. The van der Waals surface area contributed by atoms with E-state index in [9.17, 15) is 5.11 Å². The van der Waals surface area contributed by atoms with Crippen LogP contribution in [0.25, 0.3) is 0 Å². The first-order valence-electron chi connectivity index (χ1n) is 5.42. The molecule has 0 aliphatic heterocycles. The molecule has 0 radical (unpaired) electrons. The van der Waals surface area contributed by atoms with Crippen LogP contribution in [0.4, 0.5) is 0 Å². The maximum atomic E-state index is 10.7. The fraction of sp³-hybridized carbons (Fsp3) is 0.538. The Morgan fingerprint density at radius 1 is 1.31 bits per heavy atom. The van der Waals surface area contributed by atoms with Crippen LogP contribution in [0.2, 0.25) is 0 Å². The van der Waals surface area contributed by atoms with E-state index in [1.807, 2.05) is 45.0 Å². The van der Waals surface area contributed by atoms with Crippen LogP contribution >= 0.6 is 0 Å². The van der Waals surface area contributed by atoms with Gasteiger partial charge >= 0.3 is 0 Å². The van der Waals surface area contributed by atoms with E-state index in [2.05, 4.69) is 0 Å². The summed E-state index contributed by atoms with van der Waals surface area (Å²) >= 11 is 0. The Morgan fingerprint density at radius 3 is 2.38 bits per heavy atom. The van der Waals surface area contributed by atoms with Crippen LogP contribution in [-0.2, 0) is 5.60 Å². The van der Waals surface area contributed by atoms with Crippen molar-refractivity contribution < 1.29 is 9.84 Å². The molecule has 0 amide bonds. The predicted molar refractivity (Wildman–Crippen MR) is 65.4 cm³/mol. The molecule has 1 aromatic rings. The number of nitrogens with two attached hydrogens (primary N) is 1. The van der Waals surface area contributed by atoms with Crippen LogP contribution in [0.1, 0.15) is 26.3 Å². The molecule has 0 fully saturated rings. The normalized spacial score (nSPS) is 15.6. The summed E-state index contributed by atoms with van der Waals surface area (Å²) in [6.07, 6.45) is 0. The van der Waals surface area contributed by atoms with Crippen LogP contribution < -0.4 is 10.5 Å². The number of aliphatic hydroxyl groups is 1. The van der Waals surface area contributed by atoms with E-state index < -0.39 is 5.60 Å². The van der Waals surface area contributed by atoms with Crippen molar-refractivity contribution in [3.8, 4) is 5.75 Å². The molecule has 0 aromatic heterocycles. The van der Waals surface area contributed by atoms with Crippen LogP contribution in [0, 0.1) is 5.41 Å². The molecule has 0 heterocycles. The lowest BCUT2D eigenvalue weighted by atomic mass is 9.72. The third-order valence-electron chi connectivity index (χ3n) is 3.08. The molecule has 16 heavy (non-hydrogen) atoms. The first-order chi connectivity index (χ1) is 7.35. The van der Waals surface area contributed by atoms with E-state index in [4.69, 9.17) is 10.5 Å². The quantitative estimate of drug-likeness (QED) is 0.822. The molecule has 0 saturated carbocycles. The molecule has 3 heteroatoms. The zero-order valence-corrected chi connectivity index (χ0v) is 10.4. The third-order valence-corrected chi connectivity index (χ3v) is 3.08. The van der Waals surface area contributed by atoms with Gasteiger partial charge in [-0.3, -0.25) is 0 Å². The first-order valence-corrected chi connectivity index (χ1v) is 5.42. The van der Waals surface area contributed by atoms with Gasteiger partial charge in [-0.05, 0) is 23.1 Å². The van der Waals surface area contributed by atoms with E-state index in [0.717, 1.165) is 11.3 Å². The molecular weight excluding hydrogens is 202 g/mol. The number of rotatable bonds is 3. The van der Waals surface area contributed by atoms with E-state index in [0.29, 0.717) is 0 Å². The molecular formula is C13H21NO2. The summed E-state index contributed by atoms with van der Waals surface area (Å²) in [7, 11) is 1.61. The fourth-order valence-corrected chi connectivity index (χ4v) is 1.74. The Balaban J connectivity index is 3.23. The minimum Gasteiger partial charge on any atom is -0.497 e. The van der Waals surface area contributed by atoms with E-state index in [-0.39, 0.29) is 12.0 Å². The fourth-order valence-electron chi connectivity index (χ4n) is 1.74. The third kappa shape index (κ3) is 2.20. The summed E-state index contributed by atoms with van der Waals surface area (Å²) < 4.78 is 5.16. The van der Waals surface area contributed by atoms with Crippen LogP contribution in [0.5, 0.6) is 5.75 Å². The molecule has 1 unspecified atom stereocenters. The Bertz CT molecular complexity index is 357. The lowest BCUT2D eigenvalue weighted by Gasteiger charge is -2.40. The highest BCUT2D eigenvalue weighted by atomic mass is 16.5. The van der Waals surface area contributed by atoms with Crippen molar-refractivity contribution in [2.75, 3.05) is 13.7 Å². The number of benzene rings is 1. The maximum Gasteiger partial charge on any atom is 0.119 e. The summed E-state index contributed by atoms with van der Waals surface area (Å²) in [5.41, 5.74) is 5.15. The zero-order valence-electron chi connectivity index (χ0n) is 10.4. The number of ether oxygens (including phenoxy) is 1. The van der Waals surface area contributed by atoms with Gasteiger partial charge in [-0.25, -0.2) is 0 Å². The van der Waals surface area contributed by atoms with Crippen molar-refractivity contribution in [3.05, 3.63) is 29.8 Å². The molecule has 0 aliphatic carbocycles. The van der Waals surface area contributed by atoms with Crippen LogP contribution in [0.3, 0.4) is 0 Å². The molecule has 0 aliphatic rings. The monoisotopic (exact) mass is 223 g/mol. The molecule has 0 bridgehead atoms. The van der Waals surface area contributed by atoms with Gasteiger partial charge in [0.15, 0.2) is 0 Å². The Morgan fingerprint density at radius 2 is 1.94 bits per heavy atom. The van der Waals surface area contributed by atoms with Crippen LogP contribution in [0.15, 0.2) is 24.3 Å². The van der Waals surface area contributed by atoms with Crippen molar-refractivity contribution >= 4 is 0 Å². The molecule has 1 rings (SSSR count). The second kappa shape index (κ2) is 4.44. The number of hydrogen-bond acceptors (Lipinski definition) is 3. The zero-order chi connectivity index (χ0) is 12.4. The first kappa shape index (κ1) is 13.0. The summed E-state index contributed by atoms with van der Waals surface area (Å²) in [5.74, 6) is 0.730. The highest BCUT2D eigenvalue weighted by molar-refractivity contribution is 5.33. The molecule has 0 spiro atoms. The van der Waals surface area contributed by atoms with Gasteiger partial charge in [-0.1, -0.05) is 32.9 Å². The van der Waals surface area contributed by atoms with Gasteiger partial charge in [0, 0.05) is 6.54 Å². The number of hydrogen-bond donors (Lipinski definition) is 2. The molecule has 1 atom stereocenters. The Hall–Kier alpha value is -1.06. The average Bonchev–Trinajstić information content (AvgIpc) is 2.26. The lowest BCUT2D eigenvalue weighted by Crippen LogP contribution is -2.46. The van der Waals surface area contributed by atoms with E-state index in [1.54, 1.807) is 7.11 Å². The molecule has 0 saturated heterocycles. The van der Waals surface area contributed by atoms with Crippen molar-refractivity contribution in [2.45, 2.75) is 26.4 Å². The molecule has 3 nitrogen and oxygen atoms in total. The summed E-state index contributed by atoms with van der Waals surface area (Å²) in [5, 5.41) is 10.7. The van der Waals surface area contributed by atoms with Crippen LogP contribution in [-0.4, -0.2) is 18.8 Å². The van der Waals surface area contributed by atoms with Gasteiger partial charge < -0.3 is 15.6 Å². The maximum absolute atomic E-state index is 10.7. The standard InChI is InChI=1S/C13H21NO2/c1-12(2,3)13(15,9-14)10-6-5-7-11(8-10)16-4/h5-8,15H,9,14H2,1-4H3. The van der Waals surface area contributed by atoms with E-state index >= 15 is 0 Å². The van der Waals surface area contributed by atoms with Gasteiger partial charge in [0.1, 0.15) is 11.4 Å². The summed E-state index contributed by atoms with van der Waals surface area (Å²) in [6.45, 7) is 6.10. The van der Waals surface area contributed by atoms with E-state index in [1.165, 1.54) is 0 Å². The second-order valence-corrected chi connectivity index (χ2v) is 5.05. The summed E-state index contributed by atoms with van der Waals surface area (Å²) in [4.78, 5) is 0. The van der Waals surface area contributed by atoms with Gasteiger partial charge in [-0.2, -0.15) is 0 Å². The van der Waals surface area contributed by atoms with Gasteiger partial charge in [0.2, 0.25) is 0 Å². The van der Waals surface area contributed by atoms with Gasteiger partial charge in [-0.15, -0.1) is 0 Å². The second-order valence-electron chi connectivity index (χ2n) is 5.05. The highest BCUT2D eigenvalue weighted by Crippen LogP contribution is 2.39. The largest absolute Gasteiger partial charge is 0.497 e.